The van der Waals surface area contributed by atoms with Crippen molar-refractivity contribution in [3.05, 3.63) is 57.3 Å². The number of carbonyl (C=O) groups excluding carboxylic acids is 4. The molecule has 0 bridgehead atoms. The van der Waals surface area contributed by atoms with Crippen LogP contribution < -0.4 is 16.0 Å². The Morgan fingerprint density at radius 1 is 1.19 bits per heavy atom. The van der Waals surface area contributed by atoms with Gasteiger partial charge in [-0.1, -0.05) is 43.5 Å². The number of alkyl halides is 1. The Morgan fingerprint density at radius 2 is 1.93 bits per heavy atom. The number of carbonyl (C=O) groups is 4. The number of amides is 3. The van der Waals surface area contributed by atoms with Crippen molar-refractivity contribution in [3.8, 4) is 0 Å². The number of aryl methyl sites for hydroxylation is 1. The standard InChI is InChI=1S/C30H37Cl2FN4O5/c1-3-17(2)27(36-25(39)16-42-9-7-33)30(41)35-23-5-4-19-6-8-37-15-20(12-24(38)26(23)28(19)37)29(40)34-14-18-10-21(31)13-22(32)11-18/h6,8,10-11,13,17,20,23,26-27H,3-5,7,9,12,14-16H2,1-2H3,(H,34,40)(H,35,41)(H,36,39)/t17?,20-,23-,26?,27?/m0/s1. The maximum absolute atomic E-state index is 13.8. The van der Waals surface area contributed by atoms with E-state index in [1.165, 1.54) is 0 Å². The zero-order valence-electron chi connectivity index (χ0n) is 23.8. The molecule has 0 spiro atoms. The van der Waals surface area contributed by atoms with Crippen LogP contribution in [0, 0.1) is 11.8 Å². The van der Waals surface area contributed by atoms with Crippen molar-refractivity contribution in [2.75, 3.05) is 19.9 Å². The van der Waals surface area contributed by atoms with Crippen LogP contribution in [-0.4, -0.2) is 60.0 Å². The molecule has 0 radical (unpaired) electrons. The second kappa shape index (κ2) is 14.5. The first-order valence-electron chi connectivity index (χ1n) is 14.3. The summed E-state index contributed by atoms with van der Waals surface area (Å²) in [4.78, 5) is 52.9. The van der Waals surface area contributed by atoms with Crippen LogP contribution in [0.1, 0.15) is 55.8 Å². The van der Waals surface area contributed by atoms with Crippen molar-refractivity contribution in [1.29, 1.82) is 0 Å². The van der Waals surface area contributed by atoms with Crippen LogP contribution in [0.4, 0.5) is 4.39 Å². The lowest BCUT2D eigenvalue weighted by atomic mass is 9.79. The summed E-state index contributed by atoms with van der Waals surface area (Å²) in [5.41, 5.74) is 2.61. The number of ether oxygens (including phenoxy) is 1. The fraction of sp³-hybridized carbons (Fsp3) is 0.533. The number of nitrogens with one attached hydrogen (secondary N) is 3. The van der Waals surface area contributed by atoms with Gasteiger partial charge in [-0.2, -0.15) is 0 Å². The summed E-state index contributed by atoms with van der Waals surface area (Å²) < 4.78 is 19.3. The molecule has 12 heteroatoms. The number of halogens is 3. The van der Waals surface area contributed by atoms with Crippen molar-refractivity contribution in [2.24, 2.45) is 11.8 Å². The molecule has 3 amide bonds. The lowest BCUT2D eigenvalue weighted by molar-refractivity contribution is -0.133. The molecule has 4 rings (SSSR count). The van der Waals surface area contributed by atoms with Gasteiger partial charge in [0.1, 0.15) is 25.1 Å². The maximum atomic E-state index is 13.8. The lowest BCUT2D eigenvalue weighted by Crippen LogP contribution is -2.55. The van der Waals surface area contributed by atoms with E-state index in [9.17, 15) is 23.6 Å². The molecular formula is C30H37Cl2FN4O5. The van der Waals surface area contributed by atoms with Gasteiger partial charge in [-0.15, -0.1) is 0 Å². The largest absolute Gasteiger partial charge is 0.369 e. The van der Waals surface area contributed by atoms with Gasteiger partial charge < -0.3 is 25.3 Å². The number of rotatable bonds is 12. The van der Waals surface area contributed by atoms with Crippen molar-refractivity contribution in [2.45, 2.75) is 70.6 Å². The quantitative estimate of drug-likeness (QED) is 0.312. The summed E-state index contributed by atoms with van der Waals surface area (Å²) in [5.74, 6) is -2.67. The molecule has 0 saturated carbocycles. The van der Waals surface area contributed by atoms with Crippen molar-refractivity contribution in [1.82, 2.24) is 20.5 Å². The van der Waals surface area contributed by atoms with Gasteiger partial charge in [0.2, 0.25) is 17.7 Å². The topological polar surface area (TPSA) is 119 Å². The molecule has 2 heterocycles. The van der Waals surface area contributed by atoms with E-state index in [2.05, 4.69) is 16.0 Å². The van der Waals surface area contributed by atoms with Gasteiger partial charge in [-0.3, -0.25) is 19.2 Å². The summed E-state index contributed by atoms with van der Waals surface area (Å²) in [5, 5.41) is 9.60. The predicted octanol–water partition coefficient (Wildman–Crippen LogP) is 3.73. The molecule has 9 nitrogen and oxygen atoms in total. The van der Waals surface area contributed by atoms with E-state index in [4.69, 9.17) is 27.9 Å². The average Bonchev–Trinajstić information content (AvgIpc) is 3.28. The van der Waals surface area contributed by atoms with Crippen molar-refractivity contribution < 1.29 is 28.3 Å². The van der Waals surface area contributed by atoms with Crippen LogP contribution in [0.3, 0.4) is 0 Å². The molecule has 2 aromatic rings. The maximum Gasteiger partial charge on any atom is 0.246 e. The molecule has 1 aromatic heterocycles. The van der Waals surface area contributed by atoms with Gasteiger partial charge in [-0.25, -0.2) is 4.39 Å². The highest BCUT2D eigenvalue weighted by atomic mass is 35.5. The molecule has 1 aromatic carbocycles. The number of hydrogen-bond donors (Lipinski definition) is 3. The molecule has 1 aliphatic carbocycles. The predicted molar refractivity (Wildman–Crippen MR) is 157 cm³/mol. The van der Waals surface area contributed by atoms with Crippen LogP contribution in [0.2, 0.25) is 10.0 Å². The number of hydrogen-bond acceptors (Lipinski definition) is 5. The highest BCUT2D eigenvalue weighted by Crippen LogP contribution is 2.38. The average molecular weight is 624 g/mol. The number of aromatic nitrogens is 1. The smallest absolute Gasteiger partial charge is 0.246 e. The zero-order valence-corrected chi connectivity index (χ0v) is 25.3. The van der Waals surface area contributed by atoms with Crippen LogP contribution in [0.25, 0.3) is 0 Å². The molecule has 1 aliphatic heterocycles. The summed E-state index contributed by atoms with van der Waals surface area (Å²) in [7, 11) is 0. The van der Waals surface area contributed by atoms with Crippen molar-refractivity contribution >= 4 is 46.7 Å². The Kier molecular flexibility index (Phi) is 11.0. The minimum Gasteiger partial charge on any atom is -0.369 e. The van der Waals surface area contributed by atoms with Gasteiger partial charge in [-0.05, 0) is 54.2 Å². The molecular weight excluding hydrogens is 586 g/mol. The van der Waals surface area contributed by atoms with E-state index in [1.807, 2.05) is 30.7 Å². The zero-order chi connectivity index (χ0) is 30.4. The summed E-state index contributed by atoms with van der Waals surface area (Å²) in [6.07, 6.45) is 3.77. The van der Waals surface area contributed by atoms with Crippen LogP contribution in [-0.2, 0) is 43.4 Å². The fourth-order valence-corrected chi connectivity index (χ4v) is 6.35. The number of nitrogens with zero attached hydrogens (tertiary/aromatic N) is 1. The molecule has 5 atom stereocenters. The van der Waals surface area contributed by atoms with E-state index in [0.29, 0.717) is 35.9 Å². The molecule has 228 valence electrons. The third kappa shape index (κ3) is 7.71. The second-order valence-electron chi connectivity index (χ2n) is 11.0. The molecule has 42 heavy (non-hydrogen) atoms. The third-order valence-electron chi connectivity index (χ3n) is 8.08. The van der Waals surface area contributed by atoms with Crippen molar-refractivity contribution in [3.63, 3.8) is 0 Å². The Bertz CT molecular complexity index is 1300. The molecule has 0 saturated heterocycles. The van der Waals surface area contributed by atoms with Gasteiger partial charge in [0.05, 0.1) is 18.4 Å². The van der Waals surface area contributed by atoms with Gasteiger partial charge in [0.25, 0.3) is 0 Å². The Morgan fingerprint density at radius 3 is 2.62 bits per heavy atom. The summed E-state index contributed by atoms with van der Waals surface area (Å²) in [6, 6.07) is 5.70. The first-order chi connectivity index (χ1) is 20.1. The Balaban J connectivity index is 1.47. The highest BCUT2D eigenvalue weighted by molar-refractivity contribution is 6.34. The fourth-order valence-electron chi connectivity index (χ4n) is 5.78. The Labute approximate surface area is 254 Å². The first-order valence-corrected chi connectivity index (χ1v) is 15.0. The number of ketones is 1. The monoisotopic (exact) mass is 622 g/mol. The first kappa shape index (κ1) is 32.0. The molecule has 2 aliphatic rings. The van der Waals surface area contributed by atoms with E-state index in [0.717, 1.165) is 16.8 Å². The van der Waals surface area contributed by atoms with E-state index in [1.54, 1.807) is 18.2 Å². The lowest BCUT2D eigenvalue weighted by Gasteiger charge is -2.34. The number of benzene rings is 1. The molecule has 3 N–H and O–H groups in total. The highest BCUT2D eigenvalue weighted by Gasteiger charge is 2.43. The van der Waals surface area contributed by atoms with Gasteiger partial charge >= 0.3 is 0 Å². The molecule has 0 fully saturated rings. The van der Waals surface area contributed by atoms with E-state index < -0.39 is 36.5 Å². The van der Waals surface area contributed by atoms with Crippen LogP contribution >= 0.6 is 23.2 Å². The van der Waals surface area contributed by atoms with E-state index >= 15 is 0 Å². The second-order valence-corrected chi connectivity index (χ2v) is 11.9. The van der Waals surface area contributed by atoms with Gasteiger partial charge in [0.15, 0.2) is 0 Å². The summed E-state index contributed by atoms with van der Waals surface area (Å²) in [6.45, 7) is 3.07. The van der Waals surface area contributed by atoms with Gasteiger partial charge in [0, 0.05) is 47.5 Å². The normalized spacial score (nSPS) is 21.1. The SMILES string of the molecule is CCC(C)C(NC(=O)COCCF)C(=O)N[C@H]1CCc2ccn3c2C1C(=O)C[C@H](C(=O)NCc1cc(Cl)cc(Cl)c1)C3. The molecule has 3 unspecified atom stereocenters. The number of Topliss-reactive ketones (excluding diaryl/α,β-unsaturated/α-hetero) is 1. The minimum absolute atomic E-state index is 0.0255. The van der Waals surface area contributed by atoms with E-state index in [-0.39, 0.29) is 49.7 Å². The minimum atomic E-state index is -0.843. The van der Waals surface area contributed by atoms with Crippen LogP contribution in [0.5, 0.6) is 0 Å². The Hall–Kier alpha value is -2.95. The third-order valence-corrected chi connectivity index (χ3v) is 8.52. The summed E-state index contributed by atoms with van der Waals surface area (Å²) >= 11 is 12.2. The van der Waals surface area contributed by atoms with Crippen LogP contribution in [0.15, 0.2) is 30.5 Å².